The molecule has 0 bridgehead atoms. The molecule has 0 amide bonds. The molecule has 3 rings (SSSR count). The Morgan fingerprint density at radius 3 is 2.86 bits per heavy atom. The zero-order valence-corrected chi connectivity index (χ0v) is 13.8. The number of anilines is 1. The topological polar surface area (TPSA) is 75.2 Å². The Balaban J connectivity index is 1.62. The molecule has 0 aromatic carbocycles. The summed E-state index contributed by atoms with van der Waals surface area (Å²) in [5.74, 6) is 1.15. The van der Waals surface area contributed by atoms with Gasteiger partial charge in [0.15, 0.2) is 0 Å². The summed E-state index contributed by atoms with van der Waals surface area (Å²) in [4.78, 5) is 10.9. The van der Waals surface area contributed by atoms with Crippen molar-refractivity contribution in [1.82, 2.24) is 14.7 Å². The highest BCUT2D eigenvalue weighted by molar-refractivity contribution is 7.89. The van der Waals surface area contributed by atoms with Crippen molar-refractivity contribution in [3.8, 4) is 0 Å². The van der Waals surface area contributed by atoms with Crippen molar-refractivity contribution in [2.75, 3.05) is 17.7 Å². The summed E-state index contributed by atoms with van der Waals surface area (Å²) in [7, 11) is -1.10. The Hall–Kier alpha value is -1.47. The van der Waals surface area contributed by atoms with Crippen molar-refractivity contribution in [1.29, 1.82) is 0 Å². The molecule has 1 N–H and O–H groups in total. The molecule has 22 heavy (non-hydrogen) atoms. The van der Waals surface area contributed by atoms with Crippen LogP contribution in [0.4, 0.5) is 5.82 Å². The Labute approximate surface area is 131 Å². The van der Waals surface area contributed by atoms with Gasteiger partial charge < -0.3 is 4.90 Å². The van der Waals surface area contributed by atoms with E-state index in [9.17, 15) is 8.42 Å². The first-order chi connectivity index (χ1) is 10.5. The van der Waals surface area contributed by atoms with Gasteiger partial charge in [0.2, 0.25) is 10.0 Å². The van der Waals surface area contributed by atoms with Crippen LogP contribution in [0.3, 0.4) is 0 Å². The molecule has 0 saturated heterocycles. The van der Waals surface area contributed by atoms with Crippen LogP contribution < -0.4 is 9.62 Å². The van der Waals surface area contributed by atoms with Crippen molar-refractivity contribution >= 4 is 21.9 Å². The highest BCUT2D eigenvalue weighted by Gasteiger charge is 2.35. The number of rotatable bonds is 6. The third-order valence-corrected chi connectivity index (χ3v) is 5.99. The monoisotopic (exact) mass is 322 g/mol. The molecule has 1 saturated carbocycles. The summed E-state index contributed by atoms with van der Waals surface area (Å²) in [5, 5.41) is 0. The van der Waals surface area contributed by atoms with Gasteiger partial charge >= 0.3 is 0 Å². The van der Waals surface area contributed by atoms with Gasteiger partial charge in [0.1, 0.15) is 12.1 Å². The van der Waals surface area contributed by atoms with Crippen molar-refractivity contribution < 1.29 is 8.42 Å². The van der Waals surface area contributed by atoms with Gasteiger partial charge in [-0.3, -0.25) is 0 Å². The summed E-state index contributed by atoms with van der Waals surface area (Å²) < 4.78 is 26.3. The van der Waals surface area contributed by atoms with Crippen LogP contribution in [0.25, 0.3) is 6.08 Å². The van der Waals surface area contributed by atoms with Gasteiger partial charge in [-0.05, 0) is 19.3 Å². The molecule has 0 atom stereocenters. The fourth-order valence-corrected chi connectivity index (χ4v) is 4.43. The molecule has 0 spiro atoms. The minimum Gasteiger partial charge on any atom is -0.356 e. The summed E-state index contributed by atoms with van der Waals surface area (Å²) >= 11 is 0. The fourth-order valence-electron chi connectivity index (χ4n) is 3.08. The first-order valence-electron chi connectivity index (χ1n) is 7.73. The molecule has 120 valence electrons. The Morgan fingerprint density at radius 1 is 1.36 bits per heavy atom. The van der Waals surface area contributed by atoms with Crippen LogP contribution in [0.1, 0.15) is 37.4 Å². The number of aromatic nitrogens is 2. The van der Waals surface area contributed by atoms with Crippen LogP contribution in [0.2, 0.25) is 0 Å². The number of hydrogen-bond acceptors (Lipinski definition) is 5. The van der Waals surface area contributed by atoms with Crippen molar-refractivity contribution in [3.63, 3.8) is 0 Å². The van der Waals surface area contributed by atoms with E-state index in [4.69, 9.17) is 0 Å². The molecule has 1 aromatic rings. The van der Waals surface area contributed by atoms with Crippen molar-refractivity contribution in [3.05, 3.63) is 23.7 Å². The lowest BCUT2D eigenvalue weighted by molar-refractivity contribution is 0.316. The summed E-state index contributed by atoms with van der Waals surface area (Å²) in [6.07, 6.45) is 8.93. The van der Waals surface area contributed by atoms with Gasteiger partial charge in [0.05, 0.1) is 11.4 Å². The number of allylic oxidation sites excluding steroid dienone is 1. The van der Waals surface area contributed by atoms with Crippen molar-refractivity contribution in [2.45, 2.75) is 44.7 Å². The van der Waals surface area contributed by atoms with Crippen LogP contribution in [0.15, 0.2) is 12.4 Å². The zero-order valence-electron chi connectivity index (χ0n) is 13.0. The van der Waals surface area contributed by atoms with Gasteiger partial charge in [-0.2, -0.15) is 0 Å². The largest absolute Gasteiger partial charge is 0.356 e. The van der Waals surface area contributed by atoms with Gasteiger partial charge in [0, 0.05) is 31.1 Å². The van der Waals surface area contributed by atoms with Crippen molar-refractivity contribution in [2.24, 2.45) is 0 Å². The van der Waals surface area contributed by atoms with E-state index < -0.39 is 10.0 Å². The van der Waals surface area contributed by atoms with E-state index >= 15 is 0 Å². The maximum Gasteiger partial charge on any atom is 0.211 e. The minimum atomic E-state index is -3.12. The van der Waals surface area contributed by atoms with Gasteiger partial charge in [0.25, 0.3) is 0 Å². The van der Waals surface area contributed by atoms with Gasteiger partial charge in [-0.25, -0.2) is 23.1 Å². The smallest absolute Gasteiger partial charge is 0.211 e. The van der Waals surface area contributed by atoms with Crippen LogP contribution in [-0.4, -0.2) is 43.3 Å². The average Bonchev–Trinajstić information content (AvgIpc) is 2.89. The third-order valence-electron chi connectivity index (χ3n) is 4.36. The molecule has 7 heteroatoms. The molecule has 1 heterocycles. The van der Waals surface area contributed by atoms with E-state index in [1.807, 2.05) is 14.0 Å². The number of fused-ring (bicyclic) bond motifs is 1. The maximum atomic E-state index is 11.8. The molecule has 0 radical (unpaired) electrons. The lowest BCUT2D eigenvalue weighted by atomic mass is 9.86. The standard InChI is InChI=1S/C15H22N4O2S/c1-3-7-22(20,21)18-11-8-12(9-11)19(2)15-13-5-4-6-14(13)16-10-17-15/h4-5,10-12,18H,3,6-9H2,1-2H3. The Morgan fingerprint density at radius 2 is 2.14 bits per heavy atom. The zero-order chi connectivity index (χ0) is 15.7. The first kappa shape index (κ1) is 15.4. The number of sulfonamides is 1. The average molecular weight is 322 g/mol. The summed E-state index contributed by atoms with van der Waals surface area (Å²) in [5.41, 5.74) is 2.16. The summed E-state index contributed by atoms with van der Waals surface area (Å²) in [6, 6.07) is 0.372. The SMILES string of the molecule is CCCS(=O)(=O)NC1CC(N(C)c2ncnc3c2C=CC3)C1. The highest BCUT2D eigenvalue weighted by Crippen LogP contribution is 2.32. The lowest BCUT2D eigenvalue weighted by Gasteiger charge is -2.42. The van der Waals surface area contributed by atoms with Crippen LogP contribution in [-0.2, 0) is 16.4 Å². The third kappa shape index (κ3) is 3.01. The van der Waals surface area contributed by atoms with E-state index in [0.29, 0.717) is 12.5 Å². The molecule has 1 aromatic heterocycles. The van der Waals surface area contributed by atoms with E-state index in [-0.39, 0.29) is 11.8 Å². The van der Waals surface area contributed by atoms with Crippen LogP contribution in [0, 0.1) is 0 Å². The Bertz CT molecular complexity index is 681. The molecular formula is C15H22N4O2S. The second-order valence-corrected chi connectivity index (χ2v) is 7.91. The highest BCUT2D eigenvalue weighted by atomic mass is 32.2. The molecule has 1 fully saturated rings. The molecular weight excluding hydrogens is 300 g/mol. The second kappa shape index (κ2) is 5.96. The normalized spacial score (nSPS) is 23.2. The predicted molar refractivity (Wildman–Crippen MR) is 87.2 cm³/mol. The maximum absolute atomic E-state index is 11.8. The van der Waals surface area contributed by atoms with Gasteiger partial charge in [-0.1, -0.05) is 19.1 Å². The van der Waals surface area contributed by atoms with E-state index in [2.05, 4.69) is 31.7 Å². The van der Waals surface area contributed by atoms with E-state index in [1.165, 1.54) is 0 Å². The second-order valence-electron chi connectivity index (χ2n) is 6.03. The lowest BCUT2D eigenvalue weighted by Crippen LogP contribution is -2.53. The van der Waals surface area contributed by atoms with Gasteiger partial charge in [-0.15, -0.1) is 0 Å². The molecule has 0 unspecified atom stereocenters. The Kier molecular flexibility index (Phi) is 4.18. The molecule has 0 aliphatic heterocycles. The number of hydrogen-bond donors (Lipinski definition) is 1. The molecule has 6 nitrogen and oxygen atoms in total. The summed E-state index contributed by atoms with van der Waals surface area (Å²) in [6.45, 7) is 1.87. The first-order valence-corrected chi connectivity index (χ1v) is 9.38. The van der Waals surface area contributed by atoms with Crippen LogP contribution in [0.5, 0.6) is 0 Å². The van der Waals surface area contributed by atoms with Crippen LogP contribution >= 0.6 is 0 Å². The predicted octanol–water partition coefficient (Wildman–Crippen LogP) is 1.34. The van der Waals surface area contributed by atoms with E-state index in [1.54, 1.807) is 6.33 Å². The quantitative estimate of drug-likeness (QED) is 0.855. The van der Waals surface area contributed by atoms with E-state index in [0.717, 1.165) is 36.3 Å². The fraction of sp³-hybridized carbons (Fsp3) is 0.600. The molecule has 2 aliphatic carbocycles. The number of nitrogens with one attached hydrogen (secondary N) is 1. The minimum absolute atomic E-state index is 0.0504. The molecule has 2 aliphatic rings. The number of nitrogens with zero attached hydrogens (tertiary/aromatic N) is 3.